The average Bonchev–Trinajstić information content (AvgIpc) is 1.65. The van der Waals surface area contributed by atoms with E-state index in [1.54, 1.807) is 0 Å². The average molecular weight is 87.1 g/mol. The van der Waals surface area contributed by atoms with Gasteiger partial charge in [-0.25, -0.2) is 0 Å². The number of hydrogen-bond donors (Lipinski definition) is 1. The SMILES string of the molecule is CC[C](O)CC. The molecule has 0 saturated heterocycles. The molecule has 1 N–H and O–H groups in total. The minimum Gasteiger partial charge on any atom is -0.387 e. The van der Waals surface area contributed by atoms with Crippen LogP contribution in [0.4, 0.5) is 0 Å². The molecule has 0 heterocycles. The molecule has 1 nitrogen and oxygen atoms in total. The first kappa shape index (κ1) is 5.96. The monoisotopic (exact) mass is 87.1 g/mol. The normalized spacial score (nSPS) is 10.0. The van der Waals surface area contributed by atoms with Crippen LogP contribution in [0.15, 0.2) is 0 Å². The lowest BCUT2D eigenvalue weighted by Crippen LogP contribution is -1.87. The number of hydrogen-bond acceptors (Lipinski definition) is 1. The smallest absolute Gasteiger partial charge is 0.0927 e. The van der Waals surface area contributed by atoms with Gasteiger partial charge in [-0.15, -0.1) is 0 Å². The summed E-state index contributed by atoms with van der Waals surface area (Å²) in [5, 5.41) is 8.58. The lowest BCUT2D eigenvalue weighted by Gasteiger charge is -1.96. The van der Waals surface area contributed by atoms with Gasteiger partial charge >= 0.3 is 0 Å². The molecule has 0 aromatic heterocycles. The van der Waals surface area contributed by atoms with Gasteiger partial charge in [0, 0.05) is 0 Å². The highest BCUT2D eigenvalue weighted by molar-refractivity contribution is 4.67. The van der Waals surface area contributed by atoms with Crippen molar-refractivity contribution < 1.29 is 5.11 Å². The molecule has 0 saturated carbocycles. The quantitative estimate of drug-likeness (QED) is 0.543. The lowest BCUT2D eigenvalue weighted by molar-refractivity contribution is 0.280. The van der Waals surface area contributed by atoms with Gasteiger partial charge in [-0.3, -0.25) is 0 Å². The fraction of sp³-hybridized carbons (Fsp3) is 0.800. The Kier molecular flexibility index (Phi) is 3.14. The highest BCUT2D eigenvalue weighted by Gasteiger charge is 1.92. The predicted octanol–water partition coefficient (Wildman–Crippen LogP) is 1.71. The van der Waals surface area contributed by atoms with Gasteiger partial charge in [-0.2, -0.15) is 0 Å². The summed E-state index contributed by atoms with van der Waals surface area (Å²) in [6.07, 6.45) is 2.20. The first-order valence-corrected chi connectivity index (χ1v) is 2.34. The number of rotatable bonds is 2. The van der Waals surface area contributed by atoms with Crippen molar-refractivity contribution in [3.05, 3.63) is 6.10 Å². The zero-order valence-electron chi connectivity index (χ0n) is 4.36. The Morgan fingerprint density at radius 3 is 1.67 bits per heavy atom. The predicted molar refractivity (Wildman–Crippen MR) is 25.8 cm³/mol. The van der Waals surface area contributed by atoms with Crippen LogP contribution in [0.3, 0.4) is 0 Å². The van der Waals surface area contributed by atoms with E-state index in [1.807, 2.05) is 13.8 Å². The van der Waals surface area contributed by atoms with Gasteiger partial charge in [-0.05, 0) is 12.8 Å². The van der Waals surface area contributed by atoms with Gasteiger partial charge in [0.25, 0.3) is 0 Å². The summed E-state index contributed by atoms with van der Waals surface area (Å²) >= 11 is 0. The molecule has 0 amide bonds. The molecular weight excluding hydrogens is 76.1 g/mol. The molecule has 0 aromatic carbocycles. The Bertz CT molecular complexity index is 23.1. The Balaban J connectivity index is 2.75. The summed E-state index contributed by atoms with van der Waals surface area (Å²) in [7, 11) is 0. The maximum Gasteiger partial charge on any atom is 0.0927 e. The number of aliphatic hydroxyl groups is 1. The van der Waals surface area contributed by atoms with Crippen LogP contribution in [0.2, 0.25) is 0 Å². The minimum absolute atomic E-state index is 0.593. The van der Waals surface area contributed by atoms with Crippen molar-refractivity contribution in [3.63, 3.8) is 0 Å². The van der Waals surface area contributed by atoms with Crippen LogP contribution >= 0.6 is 0 Å². The fourth-order valence-corrected chi connectivity index (χ4v) is 0.250. The third-order valence-corrected chi connectivity index (χ3v) is 0.816. The molecule has 0 spiro atoms. The van der Waals surface area contributed by atoms with Gasteiger partial charge in [0.1, 0.15) is 0 Å². The lowest BCUT2D eigenvalue weighted by atomic mass is 10.2. The molecule has 6 heavy (non-hydrogen) atoms. The van der Waals surface area contributed by atoms with E-state index in [4.69, 9.17) is 5.11 Å². The Labute approximate surface area is 39.0 Å². The first-order chi connectivity index (χ1) is 2.81. The van der Waals surface area contributed by atoms with Crippen molar-refractivity contribution in [2.24, 2.45) is 0 Å². The zero-order chi connectivity index (χ0) is 4.99. The molecule has 1 radical (unpaired) electrons. The van der Waals surface area contributed by atoms with Crippen molar-refractivity contribution in [1.82, 2.24) is 0 Å². The Hall–Kier alpha value is -0.0400. The van der Waals surface area contributed by atoms with E-state index in [0.29, 0.717) is 6.10 Å². The van der Waals surface area contributed by atoms with E-state index in [2.05, 4.69) is 0 Å². The molecule has 0 atom stereocenters. The third kappa shape index (κ3) is 2.21. The van der Waals surface area contributed by atoms with Crippen molar-refractivity contribution in [2.75, 3.05) is 0 Å². The molecule has 1 heteroatoms. The van der Waals surface area contributed by atoms with Crippen molar-refractivity contribution in [1.29, 1.82) is 0 Å². The molecule has 37 valence electrons. The maximum absolute atomic E-state index is 8.58. The molecule has 0 aliphatic rings. The van der Waals surface area contributed by atoms with Gasteiger partial charge in [-0.1, -0.05) is 13.8 Å². The molecule has 0 unspecified atom stereocenters. The molecular formula is C5H11O. The summed E-state index contributed by atoms with van der Waals surface area (Å²) in [5.41, 5.74) is 0. The third-order valence-electron chi connectivity index (χ3n) is 0.816. The largest absolute Gasteiger partial charge is 0.387 e. The maximum atomic E-state index is 8.58. The molecule has 0 aliphatic carbocycles. The van der Waals surface area contributed by atoms with Gasteiger partial charge in [0.15, 0.2) is 0 Å². The van der Waals surface area contributed by atoms with E-state index >= 15 is 0 Å². The highest BCUT2D eigenvalue weighted by Crippen LogP contribution is 2.02. The molecule has 0 fully saturated rings. The highest BCUT2D eigenvalue weighted by atomic mass is 16.3. The van der Waals surface area contributed by atoms with Crippen molar-refractivity contribution >= 4 is 0 Å². The van der Waals surface area contributed by atoms with Crippen LogP contribution in [-0.2, 0) is 0 Å². The van der Waals surface area contributed by atoms with Crippen LogP contribution in [0.1, 0.15) is 26.7 Å². The summed E-state index contributed by atoms with van der Waals surface area (Å²) in [5.74, 6) is 0. The topological polar surface area (TPSA) is 20.2 Å². The van der Waals surface area contributed by atoms with E-state index in [9.17, 15) is 0 Å². The van der Waals surface area contributed by atoms with E-state index in [1.165, 1.54) is 0 Å². The molecule has 0 aliphatic heterocycles. The van der Waals surface area contributed by atoms with Gasteiger partial charge < -0.3 is 5.11 Å². The Morgan fingerprint density at radius 1 is 1.33 bits per heavy atom. The van der Waals surface area contributed by atoms with Gasteiger partial charge in [0.05, 0.1) is 6.10 Å². The first-order valence-electron chi connectivity index (χ1n) is 2.34. The second kappa shape index (κ2) is 3.16. The Morgan fingerprint density at radius 2 is 1.67 bits per heavy atom. The zero-order valence-corrected chi connectivity index (χ0v) is 4.36. The second-order valence-electron chi connectivity index (χ2n) is 1.27. The van der Waals surface area contributed by atoms with Crippen molar-refractivity contribution in [3.8, 4) is 0 Å². The van der Waals surface area contributed by atoms with Crippen LogP contribution in [0.25, 0.3) is 0 Å². The van der Waals surface area contributed by atoms with E-state index in [0.717, 1.165) is 12.8 Å². The van der Waals surface area contributed by atoms with Crippen LogP contribution in [0, 0.1) is 6.10 Å². The van der Waals surface area contributed by atoms with E-state index in [-0.39, 0.29) is 0 Å². The van der Waals surface area contributed by atoms with Gasteiger partial charge in [0.2, 0.25) is 0 Å². The number of aliphatic hydroxyl groups excluding tert-OH is 1. The van der Waals surface area contributed by atoms with Crippen molar-refractivity contribution in [2.45, 2.75) is 26.7 Å². The van der Waals surface area contributed by atoms with Crippen LogP contribution in [-0.4, -0.2) is 5.11 Å². The standard InChI is InChI=1S/C5H11O/c1-3-5(6)4-2/h6H,3-4H2,1-2H3. The molecule has 0 rings (SSSR count). The molecule has 0 bridgehead atoms. The summed E-state index contributed by atoms with van der Waals surface area (Å²) in [6, 6.07) is 0. The van der Waals surface area contributed by atoms with Crippen LogP contribution in [0.5, 0.6) is 0 Å². The van der Waals surface area contributed by atoms with Crippen LogP contribution < -0.4 is 0 Å². The van der Waals surface area contributed by atoms with E-state index < -0.39 is 0 Å². The summed E-state index contributed by atoms with van der Waals surface area (Å²) < 4.78 is 0. The summed E-state index contributed by atoms with van der Waals surface area (Å²) in [4.78, 5) is 0. The fourth-order valence-electron chi connectivity index (χ4n) is 0.250. The molecule has 0 aromatic rings. The summed E-state index contributed by atoms with van der Waals surface area (Å²) in [6.45, 7) is 3.89. The second-order valence-corrected chi connectivity index (χ2v) is 1.27. The minimum atomic E-state index is 0.593.